The first-order chi connectivity index (χ1) is 14.5. The van der Waals surface area contributed by atoms with Gasteiger partial charge in [0.1, 0.15) is 5.82 Å². The van der Waals surface area contributed by atoms with Crippen molar-refractivity contribution in [1.29, 1.82) is 0 Å². The van der Waals surface area contributed by atoms with Gasteiger partial charge in [0.05, 0.1) is 5.41 Å². The summed E-state index contributed by atoms with van der Waals surface area (Å²) in [6, 6.07) is 14.5. The zero-order valence-corrected chi connectivity index (χ0v) is 17.5. The summed E-state index contributed by atoms with van der Waals surface area (Å²) < 4.78 is 13.3. The highest BCUT2D eigenvalue weighted by atomic mass is 19.1. The smallest absolute Gasteiger partial charge is 0.228 e. The molecule has 2 aromatic rings. The van der Waals surface area contributed by atoms with Gasteiger partial charge in [0.25, 0.3) is 0 Å². The molecule has 2 aliphatic rings. The quantitative estimate of drug-likeness (QED) is 0.779. The Labute approximate surface area is 177 Å². The Morgan fingerprint density at radius 3 is 2.57 bits per heavy atom. The average Bonchev–Trinajstić information content (AvgIpc) is 3.13. The minimum atomic E-state index is -0.600. The molecule has 4 rings (SSSR count). The van der Waals surface area contributed by atoms with Crippen LogP contribution in [-0.2, 0) is 16.0 Å². The highest BCUT2D eigenvalue weighted by molar-refractivity contribution is 5.86. The van der Waals surface area contributed by atoms with Crippen LogP contribution in [0.4, 0.5) is 4.39 Å². The molecule has 4 nitrogen and oxygen atoms in total. The Morgan fingerprint density at radius 1 is 1.13 bits per heavy atom. The van der Waals surface area contributed by atoms with E-state index in [1.54, 1.807) is 12.1 Å². The molecule has 1 saturated heterocycles. The highest BCUT2D eigenvalue weighted by Gasteiger charge is 2.47. The van der Waals surface area contributed by atoms with Gasteiger partial charge in [-0.3, -0.25) is 9.59 Å². The van der Waals surface area contributed by atoms with E-state index in [0.717, 1.165) is 36.0 Å². The van der Waals surface area contributed by atoms with Crippen molar-refractivity contribution in [3.8, 4) is 11.1 Å². The Bertz CT molecular complexity index is 923. The molecule has 1 N–H and O–H groups in total. The number of nitrogens with zero attached hydrogens (tertiary/aromatic N) is 1. The van der Waals surface area contributed by atoms with Gasteiger partial charge in [0.15, 0.2) is 0 Å². The summed E-state index contributed by atoms with van der Waals surface area (Å²) >= 11 is 0. The fourth-order valence-corrected chi connectivity index (χ4v) is 4.63. The second-order valence-electron chi connectivity index (χ2n) is 8.66. The highest BCUT2D eigenvalue weighted by Crippen LogP contribution is 2.38. The SMILES string of the molecule is CCNC(=O)[C@@]1(Cc2cccc(-c3ccc(F)cc3)c2)CCN(C(=O)C2CCC2)C1. The standard InChI is InChI=1S/C25H29FN2O2/c1-2-27-24(30)25(13-14-28(17-25)23(29)20-6-4-7-20)16-18-5-3-8-21(15-18)19-9-11-22(26)12-10-19/h3,5,8-12,15,20H,2,4,6-7,13-14,16-17H2,1H3,(H,27,30)/t25-/m1/s1. The lowest BCUT2D eigenvalue weighted by Gasteiger charge is -2.32. The number of benzene rings is 2. The number of hydrogen-bond acceptors (Lipinski definition) is 2. The predicted octanol–water partition coefficient (Wildman–Crippen LogP) is 4.19. The van der Waals surface area contributed by atoms with Gasteiger partial charge in [0.2, 0.25) is 11.8 Å². The number of amides is 2. The zero-order valence-electron chi connectivity index (χ0n) is 17.5. The van der Waals surface area contributed by atoms with E-state index < -0.39 is 5.41 Å². The maximum absolute atomic E-state index is 13.3. The van der Waals surface area contributed by atoms with E-state index >= 15 is 0 Å². The van der Waals surface area contributed by atoms with Crippen LogP contribution in [0, 0.1) is 17.2 Å². The largest absolute Gasteiger partial charge is 0.356 e. The third-order valence-corrected chi connectivity index (χ3v) is 6.59. The first-order valence-corrected chi connectivity index (χ1v) is 10.9. The van der Waals surface area contributed by atoms with Crippen molar-refractivity contribution in [3.63, 3.8) is 0 Å². The summed E-state index contributed by atoms with van der Waals surface area (Å²) in [7, 11) is 0. The molecule has 0 aromatic heterocycles. The molecule has 0 spiro atoms. The topological polar surface area (TPSA) is 49.4 Å². The van der Waals surface area contributed by atoms with Crippen LogP contribution in [0.25, 0.3) is 11.1 Å². The van der Waals surface area contributed by atoms with Gasteiger partial charge in [-0.1, -0.05) is 42.8 Å². The summed E-state index contributed by atoms with van der Waals surface area (Å²) in [5.41, 5.74) is 2.40. The molecule has 1 heterocycles. The van der Waals surface area contributed by atoms with Gasteiger partial charge in [-0.25, -0.2) is 4.39 Å². The number of rotatable bonds is 6. The summed E-state index contributed by atoms with van der Waals surface area (Å²) in [5, 5.41) is 3.00. The molecule has 2 fully saturated rings. The van der Waals surface area contributed by atoms with E-state index in [4.69, 9.17) is 0 Å². The molecule has 2 aromatic carbocycles. The van der Waals surface area contributed by atoms with E-state index in [-0.39, 0.29) is 23.5 Å². The Hall–Kier alpha value is -2.69. The number of likely N-dealkylation sites (tertiary alicyclic amines) is 1. The Morgan fingerprint density at radius 2 is 1.90 bits per heavy atom. The van der Waals surface area contributed by atoms with E-state index in [9.17, 15) is 14.0 Å². The monoisotopic (exact) mass is 408 g/mol. The summed E-state index contributed by atoms with van der Waals surface area (Å²) in [4.78, 5) is 27.8. The molecule has 0 unspecified atom stereocenters. The normalized spacial score (nSPS) is 21.3. The van der Waals surface area contributed by atoms with Gasteiger partial charge >= 0.3 is 0 Å². The number of carbonyl (C=O) groups excluding carboxylic acids is 2. The number of nitrogens with one attached hydrogen (secondary N) is 1. The lowest BCUT2D eigenvalue weighted by molar-refractivity contribution is -0.138. The third kappa shape index (κ3) is 4.11. The Kier molecular flexibility index (Phi) is 5.89. The second-order valence-corrected chi connectivity index (χ2v) is 8.66. The molecule has 30 heavy (non-hydrogen) atoms. The lowest BCUT2D eigenvalue weighted by Crippen LogP contribution is -2.46. The van der Waals surface area contributed by atoms with Crippen LogP contribution in [0.5, 0.6) is 0 Å². The van der Waals surface area contributed by atoms with Crippen LogP contribution in [0.3, 0.4) is 0 Å². The molecule has 5 heteroatoms. The minimum Gasteiger partial charge on any atom is -0.356 e. The van der Waals surface area contributed by atoms with Crippen molar-refractivity contribution < 1.29 is 14.0 Å². The van der Waals surface area contributed by atoms with Crippen LogP contribution in [0.15, 0.2) is 48.5 Å². The van der Waals surface area contributed by atoms with Crippen LogP contribution >= 0.6 is 0 Å². The molecule has 1 saturated carbocycles. The first kappa shape index (κ1) is 20.6. The average molecular weight is 409 g/mol. The molecular weight excluding hydrogens is 379 g/mol. The van der Waals surface area contributed by atoms with E-state index in [2.05, 4.69) is 11.4 Å². The van der Waals surface area contributed by atoms with Crippen LogP contribution < -0.4 is 5.32 Å². The lowest BCUT2D eigenvalue weighted by atomic mass is 9.79. The van der Waals surface area contributed by atoms with Gasteiger partial charge in [-0.2, -0.15) is 0 Å². The molecule has 158 valence electrons. The summed E-state index contributed by atoms with van der Waals surface area (Å²) in [5.74, 6) is 0.137. The zero-order chi connectivity index (χ0) is 21.1. The maximum Gasteiger partial charge on any atom is 0.228 e. The van der Waals surface area contributed by atoms with E-state index in [0.29, 0.717) is 32.5 Å². The second kappa shape index (κ2) is 8.58. The van der Waals surface area contributed by atoms with E-state index in [1.165, 1.54) is 12.1 Å². The fraction of sp³-hybridized carbons (Fsp3) is 0.440. The van der Waals surface area contributed by atoms with Crippen molar-refractivity contribution in [2.75, 3.05) is 19.6 Å². The van der Waals surface area contributed by atoms with Crippen molar-refractivity contribution in [3.05, 3.63) is 59.9 Å². The molecule has 2 amide bonds. The molecule has 1 aliphatic heterocycles. The number of halogens is 1. The van der Waals surface area contributed by atoms with Crippen LogP contribution in [-0.4, -0.2) is 36.3 Å². The third-order valence-electron chi connectivity index (χ3n) is 6.59. The van der Waals surface area contributed by atoms with E-state index in [1.807, 2.05) is 30.0 Å². The summed E-state index contributed by atoms with van der Waals surface area (Å²) in [6.45, 7) is 3.62. The molecule has 1 aliphatic carbocycles. The maximum atomic E-state index is 13.3. The van der Waals surface area contributed by atoms with Gasteiger partial charge < -0.3 is 10.2 Å². The first-order valence-electron chi connectivity index (χ1n) is 10.9. The minimum absolute atomic E-state index is 0.0288. The predicted molar refractivity (Wildman–Crippen MR) is 115 cm³/mol. The van der Waals surface area contributed by atoms with Gasteiger partial charge in [-0.05, 0) is 61.4 Å². The number of carbonyl (C=O) groups is 2. The molecule has 1 atom stereocenters. The van der Waals surface area contributed by atoms with Crippen LogP contribution in [0.2, 0.25) is 0 Å². The molecule has 0 radical (unpaired) electrons. The molecular formula is C25H29FN2O2. The van der Waals surface area contributed by atoms with Crippen molar-refractivity contribution in [2.24, 2.45) is 11.3 Å². The fourth-order valence-electron chi connectivity index (χ4n) is 4.63. The number of hydrogen-bond donors (Lipinski definition) is 1. The van der Waals surface area contributed by atoms with Crippen molar-refractivity contribution >= 4 is 11.8 Å². The van der Waals surface area contributed by atoms with Gasteiger partial charge in [-0.15, -0.1) is 0 Å². The van der Waals surface area contributed by atoms with Gasteiger partial charge in [0, 0.05) is 25.6 Å². The van der Waals surface area contributed by atoms with Crippen molar-refractivity contribution in [1.82, 2.24) is 10.2 Å². The van der Waals surface area contributed by atoms with Crippen molar-refractivity contribution in [2.45, 2.75) is 39.0 Å². The Balaban J connectivity index is 1.57. The summed E-state index contributed by atoms with van der Waals surface area (Å²) in [6.07, 6.45) is 4.34. The molecule has 0 bridgehead atoms. The van der Waals surface area contributed by atoms with Crippen LogP contribution in [0.1, 0.15) is 38.2 Å².